The zero-order valence-corrected chi connectivity index (χ0v) is 16.1. The summed E-state index contributed by atoms with van der Waals surface area (Å²) >= 11 is 0. The van der Waals surface area contributed by atoms with Crippen molar-refractivity contribution in [3.63, 3.8) is 0 Å². The molecule has 0 radical (unpaired) electrons. The van der Waals surface area contributed by atoms with Crippen LogP contribution in [-0.2, 0) is 5.41 Å². The molecule has 1 saturated carbocycles. The summed E-state index contributed by atoms with van der Waals surface area (Å²) in [5, 5.41) is 10.7. The van der Waals surface area contributed by atoms with Crippen LogP contribution in [0.4, 0.5) is 5.69 Å². The molecular formula is C22H35NO. The zero-order chi connectivity index (χ0) is 17.4. The van der Waals surface area contributed by atoms with Crippen molar-refractivity contribution in [2.75, 3.05) is 18.0 Å². The van der Waals surface area contributed by atoms with E-state index in [1.54, 1.807) is 0 Å². The summed E-state index contributed by atoms with van der Waals surface area (Å²) in [6, 6.07) is 9.19. The molecule has 2 nitrogen and oxygen atoms in total. The summed E-state index contributed by atoms with van der Waals surface area (Å²) in [6.45, 7) is 11.3. The molecule has 0 bridgehead atoms. The summed E-state index contributed by atoms with van der Waals surface area (Å²) < 4.78 is 0. The number of aliphatic hydroxyl groups is 1. The number of hydrogen-bond donors (Lipinski definition) is 1. The van der Waals surface area contributed by atoms with Gasteiger partial charge in [0.2, 0.25) is 0 Å². The molecule has 1 saturated heterocycles. The molecule has 1 aromatic rings. The quantitative estimate of drug-likeness (QED) is 0.815. The first-order valence-electron chi connectivity index (χ1n) is 9.83. The van der Waals surface area contributed by atoms with Crippen molar-refractivity contribution in [1.29, 1.82) is 0 Å². The lowest BCUT2D eigenvalue weighted by Gasteiger charge is -2.42. The van der Waals surface area contributed by atoms with Crippen LogP contribution in [-0.4, -0.2) is 23.8 Å². The SMILES string of the molecule is CCC[C@]1(O)CC[C@]2(CCN(c3ccc(C(C)(C)C)cc3)C2)CC1. The summed E-state index contributed by atoms with van der Waals surface area (Å²) in [4.78, 5) is 2.57. The highest BCUT2D eigenvalue weighted by molar-refractivity contribution is 5.50. The van der Waals surface area contributed by atoms with Crippen molar-refractivity contribution in [1.82, 2.24) is 0 Å². The predicted octanol–water partition coefficient (Wildman–Crippen LogP) is 5.29. The maximum atomic E-state index is 10.7. The van der Waals surface area contributed by atoms with Gasteiger partial charge in [0.05, 0.1) is 5.60 Å². The van der Waals surface area contributed by atoms with Crippen LogP contribution in [0.25, 0.3) is 0 Å². The molecule has 3 rings (SSSR count). The number of anilines is 1. The number of rotatable bonds is 3. The first-order valence-corrected chi connectivity index (χ1v) is 9.83. The van der Waals surface area contributed by atoms with Crippen molar-refractivity contribution < 1.29 is 5.11 Å². The predicted molar refractivity (Wildman–Crippen MR) is 103 cm³/mol. The summed E-state index contributed by atoms with van der Waals surface area (Å²) in [5.74, 6) is 0. The van der Waals surface area contributed by atoms with Crippen molar-refractivity contribution >= 4 is 5.69 Å². The molecule has 134 valence electrons. The second kappa shape index (κ2) is 6.37. The summed E-state index contributed by atoms with van der Waals surface area (Å²) in [5.41, 5.74) is 3.07. The van der Waals surface area contributed by atoms with Crippen LogP contribution in [0.1, 0.15) is 78.2 Å². The van der Waals surface area contributed by atoms with Crippen LogP contribution < -0.4 is 4.90 Å². The van der Waals surface area contributed by atoms with Gasteiger partial charge < -0.3 is 10.0 Å². The van der Waals surface area contributed by atoms with Gasteiger partial charge in [0.25, 0.3) is 0 Å². The molecular weight excluding hydrogens is 294 g/mol. The van der Waals surface area contributed by atoms with Crippen molar-refractivity contribution in [2.24, 2.45) is 5.41 Å². The second-order valence-electron chi connectivity index (χ2n) is 9.44. The Morgan fingerprint density at radius 1 is 1.00 bits per heavy atom. The lowest BCUT2D eigenvalue weighted by atomic mass is 9.67. The van der Waals surface area contributed by atoms with Crippen molar-refractivity contribution in [3.05, 3.63) is 29.8 Å². The third kappa shape index (κ3) is 3.64. The van der Waals surface area contributed by atoms with E-state index in [9.17, 15) is 5.11 Å². The molecule has 0 unspecified atom stereocenters. The molecule has 1 aromatic carbocycles. The first kappa shape index (κ1) is 17.8. The monoisotopic (exact) mass is 329 g/mol. The van der Waals surface area contributed by atoms with Gasteiger partial charge in [-0.05, 0) is 67.1 Å². The van der Waals surface area contributed by atoms with E-state index < -0.39 is 0 Å². The van der Waals surface area contributed by atoms with Crippen LogP contribution in [0, 0.1) is 5.41 Å². The average Bonchev–Trinajstić information content (AvgIpc) is 2.95. The Hall–Kier alpha value is -1.02. The van der Waals surface area contributed by atoms with Gasteiger partial charge in [-0.2, -0.15) is 0 Å². The van der Waals surface area contributed by atoms with Gasteiger partial charge in [-0.3, -0.25) is 0 Å². The fraction of sp³-hybridized carbons (Fsp3) is 0.727. The van der Waals surface area contributed by atoms with E-state index in [-0.39, 0.29) is 11.0 Å². The molecule has 1 heterocycles. The van der Waals surface area contributed by atoms with E-state index in [0.29, 0.717) is 5.41 Å². The molecule has 1 aliphatic carbocycles. The van der Waals surface area contributed by atoms with E-state index >= 15 is 0 Å². The van der Waals surface area contributed by atoms with E-state index in [0.717, 1.165) is 25.7 Å². The molecule has 24 heavy (non-hydrogen) atoms. The van der Waals surface area contributed by atoms with Crippen LogP contribution in [0.5, 0.6) is 0 Å². The topological polar surface area (TPSA) is 23.5 Å². The minimum Gasteiger partial charge on any atom is -0.390 e. The smallest absolute Gasteiger partial charge is 0.0648 e. The fourth-order valence-corrected chi connectivity index (χ4v) is 4.70. The highest BCUT2D eigenvalue weighted by Crippen LogP contribution is 2.48. The Kier molecular flexibility index (Phi) is 4.72. The maximum absolute atomic E-state index is 10.7. The van der Waals surface area contributed by atoms with E-state index in [2.05, 4.69) is 56.9 Å². The third-order valence-electron chi connectivity index (χ3n) is 6.49. The average molecular weight is 330 g/mol. The van der Waals surface area contributed by atoms with Crippen LogP contribution in [0.3, 0.4) is 0 Å². The van der Waals surface area contributed by atoms with Gasteiger partial charge in [0.15, 0.2) is 0 Å². The van der Waals surface area contributed by atoms with Gasteiger partial charge in [0.1, 0.15) is 0 Å². The lowest BCUT2D eigenvalue weighted by molar-refractivity contribution is -0.0357. The van der Waals surface area contributed by atoms with Gasteiger partial charge in [-0.1, -0.05) is 46.2 Å². The van der Waals surface area contributed by atoms with Crippen LogP contribution in [0.2, 0.25) is 0 Å². The Morgan fingerprint density at radius 3 is 2.17 bits per heavy atom. The Bertz CT molecular complexity index is 546. The summed E-state index contributed by atoms with van der Waals surface area (Å²) in [7, 11) is 0. The van der Waals surface area contributed by atoms with E-state index in [1.807, 2.05) is 0 Å². The van der Waals surface area contributed by atoms with Crippen molar-refractivity contribution in [2.45, 2.75) is 83.7 Å². The second-order valence-corrected chi connectivity index (χ2v) is 9.44. The molecule has 1 N–H and O–H groups in total. The van der Waals surface area contributed by atoms with Crippen LogP contribution in [0.15, 0.2) is 24.3 Å². The van der Waals surface area contributed by atoms with E-state index in [1.165, 1.54) is 43.6 Å². The molecule has 2 fully saturated rings. The Balaban J connectivity index is 1.64. The molecule has 1 spiro atoms. The molecule has 0 amide bonds. The normalized spacial score (nSPS) is 31.0. The van der Waals surface area contributed by atoms with Crippen LogP contribution >= 0.6 is 0 Å². The zero-order valence-electron chi connectivity index (χ0n) is 16.1. The van der Waals surface area contributed by atoms with Gasteiger partial charge in [-0.25, -0.2) is 0 Å². The first-order chi connectivity index (χ1) is 11.3. The summed E-state index contributed by atoms with van der Waals surface area (Å²) in [6.07, 6.45) is 7.74. The number of nitrogens with zero attached hydrogens (tertiary/aromatic N) is 1. The van der Waals surface area contributed by atoms with Crippen molar-refractivity contribution in [3.8, 4) is 0 Å². The van der Waals surface area contributed by atoms with Gasteiger partial charge in [0, 0.05) is 18.8 Å². The largest absolute Gasteiger partial charge is 0.390 e. The minimum absolute atomic E-state index is 0.220. The maximum Gasteiger partial charge on any atom is 0.0648 e. The molecule has 0 atom stereocenters. The number of benzene rings is 1. The standard InChI is InChI=1S/C22H35NO/c1-5-10-22(24)13-11-21(12-14-22)15-16-23(17-21)19-8-6-18(7-9-19)20(2,3)4/h6-9,24H,5,10-17H2,1-4H3/t21-,22+. The van der Waals surface area contributed by atoms with Gasteiger partial charge in [-0.15, -0.1) is 0 Å². The molecule has 2 aliphatic rings. The highest BCUT2D eigenvalue weighted by atomic mass is 16.3. The molecule has 0 aromatic heterocycles. The minimum atomic E-state index is -0.373. The Morgan fingerprint density at radius 2 is 1.62 bits per heavy atom. The number of hydrogen-bond acceptors (Lipinski definition) is 2. The fourth-order valence-electron chi connectivity index (χ4n) is 4.70. The molecule has 2 heteroatoms. The Labute approximate surface area is 148 Å². The van der Waals surface area contributed by atoms with E-state index in [4.69, 9.17) is 0 Å². The lowest BCUT2D eigenvalue weighted by Crippen LogP contribution is -2.40. The highest BCUT2D eigenvalue weighted by Gasteiger charge is 2.44. The van der Waals surface area contributed by atoms with Gasteiger partial charge >= 0.3 is 0 Å². The molecule has 1 aliphatic heterocycles. The third-order valence-corrected chi connectivity index (χ3v) is 6.49.